The third-order valence-corrected chi connectivity index (χ3v) is 5.36. The van der Waals surface area contributed by atoms with Crippen LogP contribution in [0.3, 0.4) is 0 Å². The van der Waals surface area contributed by atoms with Crippen LogP contribution in [-0.2, 0) is 25.0 Å². The second kappa shape index (κ2) is 10.1. The third kappa shape index (κ3) is 7.03. The molecule has 0 fully saturated rings. The molecule has 0 aliphatic carbocycles. The predicted molar refractivity (Wildman–Crippen MR) is 87.0 cm³/mol. The van der Waals surface area contributed by atoms with E-state index in [0.29, 0.717) is 26.2 Å². The molecule has 1 N–H and O–H groups in total. The van der Waals surface area contributed by atoms with Crippen molar-refractivity contribution in [3.05, 3.63) is 35.9 Å². The van der Waals surface area contributed by atoms with Crippen LogP contribution in [0.4, 0.5) is 0 Å². The fourth-order valence-corrected chi connectivity index (χ4v) is 3.70. The first-order valence-electron chi connectivity index (χ1n) is 7.72. The smallest absolute Gasteiger partial charge is 0.330 e. The van der Waals surface area contributed by atoms with Gasteiger partial charge in [-0.1, -0.05) is 30.3 Å². The van der Waals surface area contributed by atoms with Crippen molar-refractivity contribution in [2.45, 2.75) is 46.0 Å². The van der Waals surface area contributed by atoms with Crippen LogP contribution in [0, 0.1) is 0 Å². The Labute approximate surface area is 133 Å². The normalized spacial score (nSPS) is 14.7. The van der Waals surface area contributed by atoms with Gasteiger partial charge in [-0.15, -0.1) is 0 Å². The summed E-state index contributed by atoms with van der Waals surface area (Å²) in [5.74, 6) is 0. The summed E-state index contributed by atoms with van der Waals surface area (Å²) in [5.41, 5.74) is 1.05. The Kier molecular flexibility index (Phi) is 8.91. The van der Waals surface area contributed by atoms with Gasteiger partial charge in [-0.2, -0.15) is 0 Å². The van der Waals surface area contributed by atoms with Gasteiger partial charge in [0.2, 0.25) is 0 Å². The van der Waals surface area contributed by atoms with Crippen molar-refractivity contribution in [3.63, 3.8) is 0 Å². The van der Waals surface area contributed by atoms with Crippen LogP contribution in [0.5, 0.6) is 0 Å². The van der Waals surface area contributed by atoms with Gasteiger partial charge in [-0.3, -0.25) is 4.57 Å². The third-order valence-electron chi connectivity index (χ3n) is 3.25. The molecule has 6 heteroatoms. The Morgan fingerprint density at radius 3 is 2.27 bits per heavy atom. The van der Waals surface area contributed by atoms with Crippen molar-refractivity contribution in [2.24, 2.45) is 0 Å². The average molecular weight is 330 g/mol. The van der Waals surface area contributed by atoms with Crippen LogP contribution in [0.15, 0.2) is 30.3 Å². The molecule has 2 atom stereocenters. The summed E-state index contributed by atoms with van der Waals surface area (Å²) in [4.78, 5) is 0. The van der Waals surface area contributed by atoms with Gasteiger partial charge in [-0.25, -0.2) is 0 Å². The Balaban J connectivity index is 2.39. The van der Waals surface area contributed by atoms with Gasteiger partial charge in [0.15, 0.2) is 0 Å². The van der Waals surface area contributed by atoms with Crippen molar-refractivity contribution in [1.29, 1.82) is 0 Å². The summed E-state index contributed by atoms with van der Waals surface area (Å²) >= 11 is 0. The lowest BCUT2D eigenvalue weighted by molar-refractivity contribution is -0.0362. The molecule has 0 saturated carbocycles. The molecule has 0 saturated heterocycles. The molecule has 0 bridgehead atoms. The maximum absolute atomic E-state index is 12.3. The molecule has 22 heavy (non-hydrogen) atoms. The quantitative estimate of drug-likeness (QED) is 0.628. The van der Waals surface area contributed by atoms with Gasteiger partial charge >= 0.3 is 7.60 Å². The molecule has 0 radical (unpaired) electrons. The van der Waals surface area contributed by atoms with Crippen molar-refractivity contribution < 1.29 is 23.5 Å². The van der Waals surface area contributed by atoms with E-state index >= 15 is 0 Å². The molecule has 1 aromatic rings. The average Bonchev–Trinajstić information content (AvgIpc) is 2.52. The summed E-state index contributed by atoms with van der Waals surface area (Å²) in [6.45, 7) is 6.44. The monoisotopic (exact) mass is 330 g/mol. The van der Waals surface area contributed by atoms with Crippen LogP contribution in [0.25, 0.3) is 0 Å². The van der Waals surface area contributed by atoms with E-state index in [1.165, 1.54) is 0 Å². The topological polar surface area (TPSA) is 65.0 Å². The first-order valence-corrected chi connectivity index (χ1v) is 9.45. The Bertz CT molecular complexity index is 441. The van der Waals surface area contributed by atoms with Crippen LogP contribution < -0.4 is 0 Å². The zero-order valence-electron chi connectivity index (χ0n) is 13.6. The van der Waals surface area contributed by atoms with E-state index < -0.39 is 13.7 Å². The highest BCUT2D eigenvalue weighted by atomic mass is 31.2. The fraction of sp³-hybridized carbons (Fsp3) is 0.625. The highest BCUT2D eigenvalue weighted by Crippen LogP contribution is 2.48. The molecule has 0 aliphatic rings. The van der Waals surface area contributed by atoms with E-state index in [4.69, 9.17) is 13.8 Å². The first-order chi connectivity index (χ1) is 10.5. The van der Waals surface area contributed by atoms with Gasteiger partial charge in [0.1, 0.15) is 0 Å². The highest BCUT2D eigenvalue weighted by Gasteiger charge is 2.26. The van der Waals surface area contributed by atoms with E-state index in [1.54, 1.807) is 20.8 Å². The lowest BCUT2D eigenvalue weighted by Gasteiger charge is -2.22. The van der Waals surface area contributed by atoms with Gasteiger partial charge in [0.05, 0.1) is 38.2 Å². The zero-order chi connectivity index (χ0) is 16.4. The minimum Gasteiger partial charge on any atom is -0.390 e. The van der Waals surface area contributed by atoms with Crippen LogP contribution in [0.2, 0.25) is 0 Å². The van der Waals surface area contributed by atoms with Gasteiger partial charge < -0.3 is 18.9 Å². The number of rotatable bonds is 11. The standard InChI is InChI=1S/C16H27O5P/c1-4-20-22(18,21-5-2)12-11-16(17)14(3)19-13-15-9-7-6-8-10-15/h6-10,14,16-17H,4-5,11-13H2,1-3H3/t14-,16+/m0/s1. The van der Waals surface area contributed by atoms with Crippen LogP contribution in [0.1, 0.15) is 32.8 Å². The minimum absolute atomic E-state index is 0.189. The van der Waals surface area contributed by atoms with Gasteiger partial charge in [0, 0.05) is 0 Å². The van der Waals surface area contributed by atoms with Crippen LogP contribution >= 0.6 is 7.60 Å². The second-order valence-corrected chi connectivity index (χ2v) is 7.21. The molecule has 0 aliphatic heterocycles. The second-order valence-electron chi connectivity index (χ2n) is 5.03. The minimum atomic E-state index is -3.11. The SMILES string of the molecule is CCOP(=O)(CC[C@@H](O)[C@H](C)OCc1ccccc1)OCC. The predicted octanol–water partition coefficient (Wildman–Crippen LogP) is 3.61. The Hall–Kier alpha value is -0.710. The maximum Gasteiger partial charge on any atom is 0.330 e. The molecular formula is C16H27O5P. The number of hydrogen-bond donors (Lipinski definition) is 1. The van der Waals surface area contributed by atoms with E-state index in [2.05, 4.69) is 0 Å². The first kappa shape index (κ1) is 19.3. The number of ether oxygens (including phenoxy) is 1. The van der Waals surface area contributed by atoms with Crippen molar-refractivity contribution in [2.75, 3.05) is 19.4 Å². The van der Waals surface area contributed by atoms with Crippen molar-refractivity contribution in [3.8, 4) is 0 Å². The summed E-state index contributed by atoms with van der Waals surface area (Å²) in [6, 6.07) is 9.77. The summed E-state index contributed by atoms with van der Waals surface area (Å²) in [5, 5.41) is 10.1. The maximum atomic E-state index is 12.3. The summed E-state index contributed by atoms with van der Waals surface area (Å²) in [6.07, 6.45) is -0.558. The highest BCUT2D eigenvalue weighted by molar-refractivity contribution is 7.53. The van der Waals surface area contributed by atoms with E-state index in [1.807, 2.05) is 30.3 Å². The molecule has 0 unspecified atom stereocenters. The van der Waals surface area contributed by atoms with E-state index in [-0.39, 0.29) is 12.3 Å². The number of aliphatic hydroxyl groups excluding tert-OH is 1. The lowest BCUT2D eigenvalue weighted by atomic mass is 10.2. The molecule has 0 aromatic heterocycles. The lowest BCUT2D eigenvalue weighted by Crippen LogP contribution is -2.27. The largest absolute Gasteiger partial charge is 0.390 e. The van der Waals surface area contributed by atoms with E-state index in [9.17, 15) is 9.67 Å². The van der Waals surface area contributed by atoms with Gasteiger partial charge in [0.25, 0.3) is 0 Å². The van der Waals surface area contributed by atoms with Gasteiger partial charge in [-0.05, 0) is 32.8 Å². The molecule has 1 rings (SSSR count). The molecule has 0 amide bonds. The molecule has 126 valence electrons. The summed E-state index contributed by atoms with van der Waals surface area (Å²) in [7, 11) is -3.11. The van der Waals surface area contributed by atoms with Crippen LogP contribution in [-0.4, -0.2) is 36.7 Å². The molecule has 0 spiro atoms. The molecule has 1 aromatic carbocycles. The summed E-state index contributed by atoms with van der Waals surface area (Å²) < 4.78 is 28.4. The molecule has 0 heterocycles. The fourth-order valence-electron chi connectivity index (χ4n) is 2.00. The Morgan fingerprint density at radius 1 is 1.14 bits per heavy atom. The molecular weight excluding hydrogens is 303 g/mol. The number of hydrogen-bond acceptors (Lipinski definition) is 5. The zero-order valence-corrected chi connectivity index (χ0v) is 14.5. The molecule has 5 nitrogen and oxygen atoms in total. The van der Waals surface area contributed by atoms with Crippen molar-refractivity contribution in [1.82, 2.24) is 0 Å². The van der Waals surface area contributed by atoms with Crippen molar-refractivity contribution >= 4 is 7.60 Å². The number of benzene rings is 1. The number of aliphatic hydroxyl groups is 1. The Morgan fingerprint density at radius 2 is 1.73 bits per heavy atom. The van der Waals surface area contributed by atoms with E-state index in [0.717, 1.165) is 5.56 Å².